The molecular formula is C9H16N6O. The van der Waals surface area contributed by atoms with Crippen molar-refractivity contribution in [3.63, 3.8) is 0 Å². The molecule has 7 nitrogen and oxygen atoms in total. The molecule has 3 N–H and O–H groups in total. The summed E-state index contributed by atoms with van der Waals surface area (Å²) in [7, 11) is 0. The molecule has 0 aliphatic heterocycles. The Labute approximate surface area is 93.4 Å². The number of nitrogens with two attached hydrogens (primary N) is 1. The lowest BCUT2D eigenvalue weighted by Gasteiger charge is -2.29. The molecule has 1 aliphatic rings. The van der Waals surface area contributed by atoms with Gasteiger partial charge < -0.3 is 11.1 Å². The van der Waals surface area contributed by atoms with E-state index < -0.39 is 0 Å². The Morgan fingerprint density at radius 3 is 2.94 bits per heavy atom. The van der Waals surface area contributed by atoms with Crippen LogP contribution in [0, 0.1) is 5.92 Å². The Hall–Kier alpha value is -1.50. The summed E-state index contributed by atoms with van der Waals surface area (Å²) in [5.74, 6) is 0.405. The van der Waals surface area contributed by atoms with Gasteiger partial charge in [-0.1, -0.05) is 0 Å². The minimum absolute atomic E-state index is 0.104. The van der Waals surface area contributed by atoms with E-state index in [1.807, 2.05) is 6.92 Å². The van der Waals surface area contributed by atoms with Gasteiger partial charge in [-0.05, 0) is 36.1 Å². The lowest BCUT2D eigenvalue weighted by molar-refractivity contribution is -0.123. The van der Waals surface area contributed by atoms with Crippen LogP contribution in [0.4, 0.5) is 0 Å². The highest BCUT2D eigenvalue weighted by Crippen LogP contribution is 2.38. The molecule has 0 spiro atoms. The summed E-state index contributed by atoms with van der Waals surface area (Å²) in [6.45, 7) is 2.58. The van der Waals surface area contributed by atoms with E-state index in [0.29, 0.717) is 12.5 Å². The molecule has 1 atom stereocenters. The maximum absolute atomic E-state index is 11.7. The van der Waals surface area contributed by atoms with E-state index in [-0.39, 0.29) is 18.0 Å². The fraction of sp³-hybridized carbons (Fsp3) is 0.778. The lowest BCUT2D eigenvalue weighted by Crippen LogP contribution is -2.53. The fourth-order valence-electron chi connectivity index (χ4n) is 1.80. The van der Waals surface area contributed by atoms with Crippen molar-refractivity contribution < 1.29 is 4.79 Å². The number of carbonyl (C=O) groups is 1. The topological polar surface area (TPSA) is 98.7 Å². The van der Waals surface area contributed by atoms with Crippen LogP contribution >= 0.6 is 0 Å². The fourth-order valence-corrected chi connectivity index (χ4v) is 1.80. The van der Waals surface area contributed by atoms with Crippen LogP contribution in [0.3, 0.4) is 0 Å². The largest absolute Gasteiger partial charge is 0.348 e. The molecular weight excluding hydrogens is 208 g/mol. The summed E-state index contributed by atoms with van der Waals surface area (Å²) in [5.41, 5.74) is 5.42. The number of aromatic nitrogens is 4. The zero-order valence-corrected chi connectivity index (χ0v) is 9.26. The lowest BCUT2D eigenvalue weighted by atomic mass is 9.96. The molecule has 1 aromatic rings. The van der Waals surface area contributed by atoms with Gasteiger partial charge in [0.15, 0.2) is 0 Å². The van der Waals surface area contributed by atoms with Crippen molar-refractivity contribution in [1.82, 2.24) is 25.5 Å². The van der Waals surface area contributed by atoms with Gasteiger partial charge in [0.1, 0.15) is 12.9 Å². The van der Waals surface area contributed by atoms with Crippen molar-refractivity contribution in [2.75, 3.05) is 6.54 Å². The molecule has 1 fully saturated rings. The number of nitrogens with one attached hydrogen (secondary N) is 1. The van der Waals surface area contributed by atoms with E-state index in [9.17, 15) is 4.79 Å². The molecule has 16 heavy (non-hydrogen) atoms. The van der Waals surface area contributed by atoms with Crippen LogP contribution in [-0.4, -0.2) is 38.2 Å². The molecule has 1 heterocycles. The average Bonchev–Trinajstić information content (AvgIpc) is 3.00. The van der Waals surface area contributed by atoms with Crippen LogP contribution in [0.1, 0.15) is 19.8 Å². The second kappa shape index (κ2) is 4.17. The normalized spacial score (nSPS) is 19.1. The van der Waals surface area contributed by atoms with Gasteiger partial charge in [0.25, 0.3) is 0 Å². The van der Waals surface area contributed by atoms with Crippen molar-refractivity contribution >= 4 is 5.91 Å². The summed E-state index contributed by atoms with van der Waals surface area (Å²) in [6.07, 6.45) is 3.69. The van der Waals surface area contributed by atoms with Gasteiger partial charge in [0.2, 0.25) is 5.91 Å². The Bertz CT molecular complexity index is 360. The number of carbonyl (C=O) groups excluding carboxylic acids is 1. The Morgan fingerprint density at radius 1 is 1.69 bits per heavy atom. The molecule has 1 saturated carbocycles. The minimum atomic E-state index is -0.287. The van der Waals surface area contributed by atoms with Gasteiger partial charge >= 0.3 is 0 Å². The third kappa shape index (κ3) is 2.35. The molecule has 7 heteroatoms. The van der Waals surface area contributed by atoms with E-state index >= 15 is 0 Å². The van der Waals surface area contributed by atoms with Gasteiger partial charge in [-0.15, -0.1) is 5.10 Å². The highest BCUT2D eigenvalue weighted by molar-refractivity contribution is 5.76. The molecule has 1 aliphatic carbocycles. The van der Waals surface area contributed by atoms with Crippen molar-refractivity contribution in [1.29, 1.82) is 0 Å². The maximum atomic E-state index is 11.7. The first-order chi connectivity index (χ1) is 7.64. The van der Waals surface area contributed by atoms with Gasteiger partial charge in [-0.3, -0.25) is 4.79 Å². The first-order valence-corrected chi connectivity index (χ1v) is 5.36. The minimum Gasteiger partial charge on any atom is -0.348 e. The van der Waals surface area contributed by atoms with E-state index in [1.165, 1.54) is 11.0 Å². The number of nitrogens with zero attached hydrogens (tertiary/aromatic N) is 4. The van der Waals surface area contributed by atoms with Crippen LogP contribution in [0.25, 0.3) is 0 Å². The average molecular weight is 224 g/mol. The van der Waals surface area contributed by atoms with Crippen LogP contribution in [0.5, 0.6) is 0 Å². The first kappa shape index (κ1) is 11.0. The molecule has 0 saturated heterocycles. The molecule has 0 bridgehead atoms. The van der Waals surface area contributed by atoms with Crippen LogP contribution in [-0.2, 0) is 11.3 Å². The van der Waals surface area contributed by atoms with E-state index in [4.69, 9.17) is 5.73 Å². The SMILES string of the molecule is CC(CN)(NC(=O)Cn1cnnn1)C1CC1. The second-order valence-corrected chi connectivity index (χ2v) is 4.45. The molecule has 1 aromatic heterocycles. The molecule has 1 amide bonds. The number of rotatable bonds is 5. The Morgan fingerprint density at radius 2 is 2.44 bits per heavy atom. The predicted molar refractivity (Wildman–Crippen MR) is 56.1 cm³/mol. The van der Waals surface area contributed by atoms with Crippen LogP contribution < -0.4 is 11.1 Å². The number of hydrogen-bond donors (Lipinski definition) is 2. The standard InChI is InChI=1S/C9H16N6O/c1-9(5-10,7-2-3-7)12-8(16)4-15-6-11-13-14-15/h6-7H,2-5,10H2,1H3,(H,12,16). The number of amides is 1. The van der Waals surface area contributed by atoms with Crippen molar-refractivity contribution in [3.05, 3.63) is 6.33 Å². The quantitative estimate of drug-likeness (QED) is 0.662. The highest BCUT2D eigenvalue weighted by atomic mass is 16.2. The molecule has 0 radical (unpaired) electrons. The molecule has 88 valence electrons. The Kier molecular flexibility index (Phi) is 2.86. The Balaban J connectivity index is 1.90. The first-order valence-electron chi connectivity index (χ1n) is 5.36. The summed E-state index contributed by atoms with van der Waals surface area (Å²) < 4.78 is 1.39. The number of hydrogen-bond acceptors (Lipinski definition) is 5. The zero-order valence-electron chi connectivity index (χ0n) is 9.26. The van der Waals surface area contributed by atoms with Crippen molar-refractivity contribution in [2.45, 2.75) is 31.8 Å². The van der Waals surface area contributed by atoms with E-state index in [2.05, 4.69) is 20.8 Å². The van der Waals surface area contributed by atoms with Gasteiger partial charge in [0, 0.05) is 6.54 Å². The third-order valence-electron chi connectivity index (χ3n) is 3.02. The third-order valence-corrected chi connectivity index (χ3v) is 3.02. The summed E-state index contributed by atoms with van der Waals surface area (Å²) >= 11 is 0. The molecule has 2 rings (SSSR count). The summed E-state index contributed by atoms with van der Waals surface area (Å²) in [6, 6.07) is 0. The van der Waals surface area contributed by atoms with Crippen molar-refractivity contribution in [2.24, 2.45) is 11.7 Å². The molecule has 1 unspecified atom stereocenters. The molecule has 0 aromatic carbocycles. The summed E-state index contributed by atoms with van der Waals surface area (Å²) in [4.78, 5) is 11.7. The van der Waals surface area contributed by atoms with E-state index in [0.717, 1.165) is 12.8 Å². The van der Waals surface area contributed by atoms with Crippen molar-refractivity contribution in [3.8, 4) is 0 Å². The van der Waals surface area contributed by atoms with Crippen LogP contribution in [0.15, 0.2) is 6.33 Å². The van der Waals surface area contributed by atoms with Crippen LogP contribution in [0.2, 0.25) is 0 Å². The van der Waals surface area contributed by atoms with Gasteiger partial charge in [-0.2, -0.15) is 0 Å². The summed E-state index contributed by atoms with van der Waals surface area (Å²) in [5, 5.41) is 13.5. The van der Waals surface area contributed by atoms with Gasteiger partial charge in [0.05, 0.1) is 5.54 Å². The zero-order chi connectivity index (χ0) is 11.6. The maximum Gasteiger partial charge on any atom is 0.242 e. The van der Waals surface area contributed by atoms with Gasteiger partial charge in [-0.25, -0.2) is 4.68 Å². The highest BCUT2D eigenvalue weighted by Gasteiger charge is 2.41. The predicted octanol–water partition coefficient (Wildman–Crippen LogP) is -1.08. The second-order valence-electron chi connectivity index (χ2n) is 4.45. The monoisotopic (exact) mass is 224 g/mol. The smallest absolute Gasteiger partial charge is 0.242 e. The number of tetrazole rings is 1. The van der Waals surface area contributed by atoms with E-state index in [1.54, 1.807) is 0 Å².